The molecule has 0 unspecified atom stereocenters. The molecule has 0 spiro atoms. The van der Waals surface area contributed by atoms with E-state index in [2.05, 4.69) is 15.2 Å². The van der Waals surface area contributed by atoms with Gasteiger partial charge in [-0.1, -0.05) is 29.8 Å². The Morgan fingerprint density at radius 1 is 1.25 bits per heavy atom. The number of hydrogen-bond donors (Lipinski definition) is 2. The first-order chi connectivity index (χ1) is 9.66. The number of rotatable bonds is 2. The Hall–Kier alpha value is -2.69. The topological polar surface area (TPSA) is 67.6 Å². The average Bonchev–Trinajstić information content (AvgIpc) is 2.81. The van der Waals surface area contributed by atoms with Crippen molar-refractivity contribution in [2.75, 3.05) is 5.73 Å². The molecule has 0 aliphatic heterocycles. The minimum absolute atomic E-state index is 0.349. The third kappa shape index (κ3) is 2.03. The molecule has 0 aliphatic carbocycles. The summed E-state index contributed by atoms with van der Waals surface area (Å²) in [6.07, 6.45) is 2.71. The number of aryl methyl sites for hydroxylation is 1. The van der Waals surface area contributed by atoms with Crippen molar-refractivity contribution in [1.29, 1.82) is 0 Å². The fraction of sp³-hybridized carbons (Fsp3) is 0.0667. The van der Waals surface area contributed by atoms with Crippen LogP contribution in [0.1, 0.15) is 5.56 Å². The molecule has 5 heteroatoms. The van der Waals surface area contributed by atoms with E-state index in [1.807, 2.05) is 31.2 Å². The van der Waals surface area contributed by atoms with Crippen molar-refractivity contribution in [1.82, 2.24) is 15.2 Å². The SMILES string of the molecule is Cc1cccc(-c2c(N)n[nH]c2-c2ccncc2F)c1. The van der Waals surface area contributed by atoms with Crippen LogP contribution in [0.15, 0.2) is 42.7 Å². The van der Waals surface area contributed by atoms with Gasteiger partial charge in [-0.3, -0.25) is 10.1 Å². The molecule has 0 saturated heterocycles. The van der Waals surface area contributed by atoms with E-state index in [1.165, 1.54) is 12.4 Å². The summed E-state index contributed by atoms with van der Waals surface area (Å²) in [5.41, 5.74) is 9.61. The first-order valence-electron chi connectivity index (χ1n) is 6.17. The lowest BCUT2D eigenvalue weighted by atomic mass is 10.00. The molecule has 100 valence electrons. The molecule has 2 aromatic heterocycles. The smallest absolute Gasteiger partial charge is 0.153 e. The van der Waals surface area contributed by atoms with Gasteiger partial charge in [-0.15, -0.1) is 0 Å². The monoisotopic (exact) mass is 268 g/mol. The maximum absolute atomic E-state index is 13.9. The first kappa shape index (κ1) is 12.3. The number of anilines is 1. The molecule has 0 bridgehead atoms. The van der Waals surface area contributed by atoms with Crippen LogP contribution in [0.25, 0.3) is 22.4 Å². The summed E-state index contributed by atoms with van der Waals surface area (Å²) in [5, 5.41) is 6.81. The maximum atomic E-state index is 13.9. The highest BCUT2D eigenvalue weighted by molar-refractivity contribution is 5.87. The van der Waals surface area contributed by atoms with E-state index >= 15 is 0 Å². The third-order valence-corrected chi connectivity index (χ3v) is 3.14. The van der Waals surface area contributed by atoms with Gasteiger partial charge in [-0.2, -0.15) is 5.10 Å². The van der Waals surface area contributed by atoms with E-state index in [0.29, 0.717) is 22.6 Å². The van der Waals surface area contributed by atoms with Crippen molar-refractivity contribution in [3.63, 3.8) is 0 Å². The minimum Gasteiger partial charge on any atom is -0.382 e. The largest absolute Gasteiger partial charge is 0.382 e. The van der Waals surface area contributed by atoms with Crippen LogP contribution in [0.3, 0.4) is 0 Å². The number of nitrogens with one attached hydrogen (secondary N) is 1. The van der Waals surface area contributed by atoms with Crippen LogP contribution in [0.2, 0.25) is 0 Å². The van der Waals surface area contributed by atoms with Gasteiger partial charge in [0.1, 0.15) is 0 Å². The highest BCUT2D eigenvalue weighted by atomic mass is 19.1. The van der Waals surface area contributed by atoms with Crippen LogP contribution in [-0.4, -0.2) is 15.2 Å². The minimum atomic E-state index is -0.412. The predicted molar refractivity (Wildman–Crippen MR) is 76.4 cm³/mol. The van der Waals surface area contributed by atoms with Gasteiger partial charge in [0.05, 0.1) is 17.5 Å². The predicted octanol–water partition coefficient (Wildman–Crippen LogP) is 3.17. The molecule has 1 aromatic carbocycles. The fourth-order valence-electron chi connectivity index (χ4n) is 2.22. The third-order valence-electron chi connectivity index (χ3n) is 3.14. The van der Waals surface area contributed by atoms with Crippen LogP contribution in [0.5, 0.6) is 0 Å². The summed E-state index contributed by atoms with van der Waals surface area (Å²) in [7, 11) is 0. The summed E-state index contributed by atoms with van der Waals surface area (Å²) in [5.74, 6) is -0.0631. The van der Waals surface area contributed by atoms with E-state index < -0.39 is 5.82 Å². The molecule has 0 aliphatic rings. The number of benzene rings is 1. The van der Waals surface area contributed by atoms with Crippen LogP contribution in [0, 0.1) is 12.7 Å². The molecule has 4 nitrogen and oxygen atoms in total. The second-order valence-electron chi connectivity index (χ2n) is 4.58. The molecule has 0 fully saturated rings. The van der Waals surface area contributed by atoms with Crippen LogP contribution in [-0.2, 0) is 0 Å². The van der Waals surface area contributed by atoms with E-state index in [1.54, 1.807) is 6.07 Å². The van der Waals surface area contributed by atoms with Crippen LogP contribution < -0.4 is 5.73 Å². The molecule has 2 heterocycles. The molecular weight excluding hydrogens is 255 g/mol. The summed E-state index contributed by atoms with van der Waals surface area (Å²) >= 11 is 0. The molecule has 0 amide bonds. The van der Waals surface area contributed by atoms with Gasteiger partial charge in [0.2, 0.25) is 0 Å². The van der Waals surface area contributed by atoms with Crippen molar-refractivity contribution >= 4 is 5.82 Å². The zero-order valence-corrected chi connectivity index (χ0v) is 10.9. The fourth-order valence-corrected chi connectivity index (χ4v) is 2.22. The van der Waals surface area contributed by atoms with E-state index in [0.717, 1.165) is 11.1 Å². The van der Waals surface area contributed by atoms with Gasteiger partial charge in [-0.05, 0) is 18.6 Å². The van der Waals surface area contributed by atoms with Crippen LogP contribution >= 0.6 is 0 Å². The molecular formula is C15H13FN4. The van der Waals surface area contributed by atoms with Gasteiger partial charge >= 0.3 is 0 Å². The molecule has 0 saturated carbocycles. The lowest BCUT2D eigenvalue weighted by Gasteiger charge is -2.06. The Balaban J connectivity index is 2.23. The number of aromatic nitrogens is 3. The average molecular weight is 268 g/mol. The number of hydrogen-bond acceptors (Lipinski definition) is 3. The maximum Gasteiger partial charge on any atom is 0.153 e. The molecule has 3 N–H and O–H groups in total. The zero-order valence-electron chi connectivity index (χ0n) is 10.9. The number of halogens is 1. The molecule has 20 heavy (non-hydrogen) atoms. The number of aromatic amines is 1. The Labute approximate surface area is 115 Å². The first-order valence-corrected chi connectivity index (χ1v) is 6.17. The lowest BCUT2D eigenvalue weighted by Crippen LogP contribution is -1.91. The van der Waals surface area contributed by atoms with Gasteiger partial charge in [0.25, 0.3) is 0 Å². The Bertz CT molecular complexity index is 764. The lowest BCUT2D eigenvalue weighted by molar-refractivity contribution is 0.624. The number of nitrogen functional groups attached to an aromatic ring is 1. The summed E-state index contributed by atoms with van der Waals surface area (Å²) in [6.45, 7) is 1.99. The number of pyridine rings is 1. The summed E-state index contributed by atoms with van der Waals surface area (Å²) in [6, 6.07) is 9.44. The van der Waals surface area contributed by atoms with Crippen LogP contribution in [0.4, 0.5) is 10.2 Å². The zero-order chi connectivity index (χ0) is 14.1. The Morgan fingerprint density at radius 3 is 2.85 bits per heavy atom. The van der Waals surface area contributed by atoms with E-state index in [4.69, 9.17) is 5.73 Å². The summed E-state index contributed by atoms with van der Waals surface area (Å²) in [4.78, 5) is 3.75. The van der Waals surface area contributed by atoms with Crippen molar-refractivity contribution in [2.45, 2.75) is 6.92 Å². The van der Waals surface area contributed by atoms with Gasteiger partial charge in [-0.25, -0.2) is 4.39 Å². The highest BCUT2D eigenvalue weighted by Crippen LogP contribution is 2.35. The van der Waals surface area contributed by atoms with Crippen molar-refractivity contribution in [2.24, 2.45) is 0 Å². The number of nitrogens with two attached hydrogens (primary N) is 1. The Morgan fingerprint density at radius 2 is 2.10 bits per heavy atom. The second kappa shape index (κ2) is 4.77. The molecule has 0 radical (unpaired) electrons. The second-order valence-corrected chi connectivity index (χ2v) is 4.58. The number of nitrogens with zero attached hydrogens (tertiary/aromatic N) is 2. The molecule has 3 rings (SSSR count). The standard InChI is InChI=1S/C15H13FN4/c1-9-3-2-4-10(7-9)13-14(19-20-15(13)17)11-5-6-18-8-12(11)16/h2-8H,1H3,(H3,17,19,20). The van der Waals surface area contributed by atoms with Crippen molar-refractivity contribution in [3.8, 4) is 22.4 Å². The highest BCUT2D eigenvalue weighted by Gasteiger charge is 2.17. The Kier molecular flexibility index (Phi) is 2.95. The van der Waals surface area contributed by atoms with Gasteiger partial charge in [0, 0.05) is 11.8 Å². The summed E-state index contributed by atoms with van der Waals surface area (Å²) < 4.78 is 13.9. The normalized spacial score (nSPS) is 10.7. The van der Waals surface area contributed by atoms with E-state index in [9.17, 15) is 4.39 Å². The van der Waals surface area contributed by atoms with E-state index in [-0.39, 0.29) is 0 Å². The molecule has 3 aromatic rings. The van der Waals surface area contributed by atoms with Gasteiger partial charge in [0.15, 0.2) is 11.6 Å². The van der Waals surface area contributed by atoms with Gasteiger partial charge < -0.3 is 5.73 Å². The van der Waals surface area contributed by atoms with Crippen molar-refractivity contribution < 1.29 is 4.39 Å². The van der Waals surface area contributed by atoms with Crippen molar-refractivity contribution in [3.05, 3.63) is 54.1 Å². The molecule has 0 atom stereocenters. The number of H-pyrrole nitrogens is 1. The quantitative estimate of drug-likeness (QED) is 0.750.